The first-order valence-electron chi connectivity index (χ1n) is 10.2. The minimum Gasteiger partial charge on any atom is -0.273 e. The van der Waals surface area contributed by atoms with Crippen LogP contribution in [0.4, 0.5) is 0 Å². The molecule has 0 aromatic carbocycles. The van der Waals surface area contributed by atoms with Crippen LogP contribution in [0.5, 0.6) is 0 Å². The van der Waals surface area contributed by atoms with Crippen molar-refractivity contribution < 1.29 is 19.6 Å². The molecule has 0 amide bonds. The van der Waals surface area contributed by atoms with Crippen LogP contribution >= 0.6 is 0 Å². The van der Waals surface area contributed by atoms with E-state index in [2.05, 4.69) is 6.92 Å². The van der Waals surface area contributed by atoms with Gasteiger partial charge in [0.2, 0.25) is 0 Å². The van der Waals surface area contributed by atoms with Crippen molar-refractivity contribution in [1.29, 1.82) is 0 Å². The maximum atomic E-state index is 11.1. The fraction of sp³-hybridized carbons (Fsp3) is 0.944. The van der Waals surface area contributed by atoms with E-state index in [4.69, 9.17) is 0 Å². The maximum absolute atomic E-state index is 11.1. The standard InChI is InChI=1S/C18H32N3O7/c1-2-3-4-5-6-7-8-9-10-11-12-13-14-15-17(19(23)24)18(16-22,20(25)26)21(27)28/h17H,2-15H2,1H3. The molecule has 0 N–H and O–H groups in total. The third-order valence-corrected chi connectivity index (χ3v) is 5.01. The Morgan fingerprint density at radius 1 is 0.714 bits per heavy atom. The van der Waals surface area contributed by atoms with E-state index in [-0.39, 0.29) is 6.42 Å². The van der Waals surface area contributed by atoms with Gasteiger partial charge in [0.05, 0.1) is 0 Å². The quantitative estimate of drug-likeness (QED) is 0.134. The second kappa shape index (κ2) is 14.9. The van der Waals surface area contributed by atoms with Gasteiger partial charge < -0.3 is 0 Å². The van der Waals surface area contributed by atoms with Crippen LogP contribution in [0.25, 0.3) is 0 Å². The molecule has 0 aliphatic carbocycles. The minimum absolute atomic E-state index is 0.216. The third kappa shape index (κ3) is 8.71. The Labute approximate surface area is 165 Å². The first-order chi connectivity index (χ1) is 13.3. The van der Waals surface area contributed by atoms with Crippen LogP contribution in [0, 0.1) is 30.3 Å². The fourth-order valence-corrected chi connectivity index (χ4v) is 3.26. The summed E-state index contributed by atoms with van der Waals surface area (Å²) in [6, 6.07) is -2.22. The SMILES string of the molecule is CCCCCCCCCCCCCCCC([N+](=O)[O-])C([C]=O)([N+](=O)[O-])[N+](=O)[O-]. The molecule has 0 heterocycles. The molecule has 0 fully saturated rings. The Bertz CT molecular complexity index is 486. The summed E-state index contributed by atoms with van der Waals surface area (Å²) in [5.41, 5.74) is -3.54. The Morgan fingerprint density at radius 2 is 1.07 bits per heavy atom. The van der Waals surface area contributed by atoms with Gasteiger partial charge in [0, 0.05) is 11.3 Å². The van der Waals surface area contributed by atoms with Gasteiger partial charge in [0.15, 0.2) is 0 Å². The molecule has 0 spiro atoms. The van der Waals surface area contributed by atoms with Gasteiger partial charge in [0.25, 0.3) is 0 Å². The number of unbranched alkanes of at least 4 members (excludes halogenated alkanes) is 12. The van der Waals surface area contributed by atoms with Crippen molar-refractivity contribution in [2.75, 3.05) is 0 Å². The highest BCUT2D eigenvalue weighted by molar-refractivity contribution is 5.61. The van der Waals surface area contributed by atoms with Gasteiger partial charge in [-0.2, -0.15) is 0 Å². The monoisotopic (exact) mass is 402 g/mol. The molecule has 10 nitrogen and oxygen atoms in total. The van der Waals surface area contributed by atoms with Crippen LogP contribution in [0.15, 0.2) is 0 Å². The predicted molar refractivity (Wildman–Crippen MR) is 104 cm³/mol. The van der Waals surface area contributed by atoms with E-state index in [0.717, 1.165) is 25.7 Å². The number of rotatable bonds is 19. The van der Waals surface area contributed by atoms with Crippen LogP contribution in [-0.4, -0.2) is 32.8 Å². The van der Waals surface area contributed by atoms with E-state index in [9.17, 15) is 35.1 Å². The first kappa shape index (κ1) is 25.9. The highest BCUT2D eigenvalue weighted by atomic mass is 16.7. The summed E-state index contributed by atoms with van der Waals surface area (Å²) in [6.45, 7) is 2.19. The third-order valence-electron chi connectivity index (χ3n) is 5.01. The van der Waals surface area contributed by atoms with Crippen LogP contribution in [-0.2, 0) is 4.79 Å². The summed E-state index contributed by atoms with van der Waals surface area (Å²) < 4.78 is 0. The van der Waals surface area contributed by atoms with E-state index >= 15 is 0 Å². The molecule has 0 saturated carbocycles. The summed E-state index contributed by atoms with van der Waals surface area (Å²) in [4.78, 5) is 39.7. The molecule has 10 heteroatoms. The number of nitrogens with zero attached hydrogens (tertiary/aromatic N) is 3. The van der Waals surface area contributed by atoms with Crippen molar-refractivity contribution in [3.05, 3.63) is 30.3 Å². The summed E-state index contributed by atoms with van der Waals surface area (Å²) in [5, 5.41) is 33.0. The molecule has 0 bridgehead atoms. The van der Waals surface area contributed by atoms with Gasteiger partial charge >= 0.3 is 18.0 Å². The number of hydrogen-bond acceptors (Lipinski definition) is 7. The van der Waals surface area contributed by atoms with E-state index in [0.29, 0.717) is 12.7 Å². The number of hydrogen-bond donors (Lipinski definition) is 0. The van der Waals surface area contributed by atoms with E-state index < -0.39 is 32.9 Å². The zero-order valence-corrected chi connectivity index (χ0v) is 16.7. The summed E-state index contributed by atoms with van der Waals surface area (Å²) >= 11 is 0. The summed E-state index contributed by atoms with van der Waals surface area (Å²) in [5.74, 6) is 0. The molecule has 0 aromatic heterocycles. The fourth-order valence-electron chi connectivity index (χ4n) is 3.26. The van der Waals surface area contributed by atoms with Gasteiger partial charge in [0.1, 0.15) is 9.85 Å². The smallest absolute Gasteiger partial charge is 0.273 e. The average molecular weight is 402 g/mol. The molecular formula is C18H32N3O7. The lowest BCUT2D eigenvalue weighted by Gasteiger charge is -2.14. The van der Waals surface area contributed by atoms with Crippen LogP contribution in [0.1, 0.15) is 96.8 Å². The Kier molecular flexibility index (Phi) is 13.7. The van der Waals surface area contributed by atoms with Gasteiger partial charge in [-0.15, -0.1) is 0 Å². The van der Waals surface area contributed by atoms with Crippen molar-refractivity contribution in [1.82, 2.24) is 0 Å². The Morgan fingerprint density at radius 3 is 1.36 bits per heavy atom. The van der Waals surface area contributed by atoms with Crippen LogP contribution in [0.3, 0.4) is 0 Å². The lowest BCUT2D eigenvalue weighted by molar-refractivity contribution is -0.810. The number of carbonyl (C=O) groups excluding carboxylic acids is 1. The average Bonchev–Trinajstić information content (AvgIpc) is 2.63. The van der Waals surface area contributed by atoms with E-state index in [1.165, 1.54) is 44.9 Å². The van der Waals surface area contributed by atoms with Crippen molar-refractivity contribution in [2.45, 2.75) is 109 Å². The molecule has 0 aliphatic rings. The van der Waals surface area contributed by atoms with Gasteiger partial charge in [-0.25, -0.2) is 0 Å². The molecule has 1 radical (unpaired) electrons. The second-order valence-corrected chi connectivity index (χ2v) is 7.17. The van der Waals surface area contributed by atoms with Crippen molar-refractivity contribution >= 4 is 6.29 Å². The topological polar surface area (TPSA) is 146 Å². The van der Waals surface area contributed by atoms with Crippen LogP contribution < -0.4 is 0 Å². The van der Waals surface area contributed by atoms with Crippen molar-refractivity contribution in [3.63, 3.8) is 0 Å². The van der Waals surface area contributed by atoms with E-state index in [1.54, 1.807) is 0 Å². The molecule has 161 valence electrons. The highest BCUT2D eigenvalue weighted by Gasteiger charge is 2.71. The Hall–Kier alpha value is -2.13. The van der Waals surface area contributed by atoms with Gasteiger partial charge in [-0.1, -0.05) is 84.0 Å². The molecular weight excluding hydrogens is 370 g/mol. The van der Waals surface area contributed by atoms with E-state index in [1.807, 2.05) is 0 Å². The van der Waals surface area contributed by atoms with Crippen molar-refractivity contribution in [3.8, 4) is 0 Å². The molecule has 0 aliphatic heterocycles. The molecule has 28 heavy (non-hydrogen) atoms. The summed E-state index contributed by atoms with van der Waals surface area (Å²) in [6.07, 6.45) is 13.9. The molecule has 1 unspecified atom stereocenters. The second-order valence-electron chi connectivity index (χ2n) is 7.17. The molecule has 0 saturated heterocycles. The zero-order chi connectivity index (χ0) is 21.4. The zero-order valence-electron chi connectivity index (χ0n) is 16.7. The molecule has 0 aromatic rings. The maximum Gasteiger partial charge on any atom is 0.588 e. The first-order valence-corrected chi connectivity index (χ1v) is 10.2. The van der Waals surface area contributed by atoms with Crippen molar-refractivity contribution in [2.24, 2.45) is 0 Å². The van der Waals surface area contributed by atoms with Gasteiger partial charge in [-0.05, 0) is 6.42 Å². The van der Waals surface area contributed by atoms with Crippen LogP contribution in [0.2, 0.25) is 0 Å². The molecule has 1 atom stereocenters. The largest absolute Gasteiger partial charge is 0.588 e. The lowest BCUT2D eigenvalue weighted by atomic mass is 9.96. The lowest BCUT2D eigenvalue weighted by Crippen LogP contribution is -2.59. The summed E-state index contributed by atoms with van der Waals surface area (Å²) in [7, 11) is 0. The number of nitro groups is 3. The molecule has 0 rings (SSSR count). The van der Waals surface area contributed by atoms with Gasteiger partial charge in [-0.3, -0.25) is 35.1 Å². The normalized spacial score (nSPS) is 12.5. The minimum atomic E-state index is -3.54. The predicted octanol–water partition coefficient (Wildman–Crippen LogP) is 4.47. The highest BCUT2D eigenvalue weighted by Crippen LogP contribution is 2.22. The Balaban J connectivity index is 4.07.